The first kappa shape index (κ1) is 40.4. The molecule has 11 N–H and O–H groups in total. The van der Waals surface area contributed by atoms with Crippen molar-refractivity contribution in [3.8, 4) is 5.75 Å². The number of nitrogens with one attached hydrogen (secondary N) is 3. The quantitative estimate of drug-likeness (QED) is 0.0261. The summed E-state index contributed by atoms with van der Waals surface area (Å²) in [6, 6.07) is -0.338. The van der Waals surface area contributed by atoms with Crippen LogP contribution in [-0.2, 0) is 30.6 Å². The average Bonchev–Trinajstić information content (AvgIpc) is 3.38. The third-order valence-corrected chi connectivity index (χ3v) is 10.1. The predicted molar refractivity (Wildman–Crippen MR) is 201 cm³/mol. The van der Waals surface area contributed by atoms with Gasteiger partial charge in [-0.25, -0.2) is 14.2 Å². The monoisotopic (exact) mass is 811 g/mol. The average molecular weight is 812 g/mol. The summed E-state index contributed by atoms with van der Waals surface area (Å²) >= 11 is 2.31. The maximum absolute atomic E-state index is 13.4. The van der Waals surface area contributed by atoms with E-state index in [0.717, 1.165) is 22.7 Å². The minimum Gasteiger partial charge on any atom is -0.503 e. The Hall–Kier alpha value is -6.75. The number of nitrogens with two attached hydrogens (primary N) is 2. The Morgan fingerprint density at radius 2 is 1.98 bits per heavy atom. The standard InChI is InChI=1S/C33H34N10O11S2/c1-16(32(49)50)54-40-24(17-4-2-6-23(34)55-13-17)29(47)39-25-30(48)43-26(33(51)52)18(14-56-31(25)43)5-3-9-41-11-19(27(35)38-15-41)36-7-8-37-28(46)20-10-21(44)22(45)12-42(20)53/h2-6,10-13,15-16,25,31,35-36,53H,7-9,14,34H2,1H3,(H5,37,39,45,46,47,49,50,51,52)/p+1/b5-3+,40-24-/t16-,25+,31?/m0/s1. The Morgan fingerprint density at radius 3 is 2.71 bits per heavy atom. The third kappa shape index (κ3) is 9.30. The lowest BCUT2D eigenvalue weighted by molar-refractivity contribution is -0.689. The number of pyridine rings is 1. The van der Waals surface area contributed by atoms with Crippen molar-refractivity contribution in [3.63, 3.8) is 0 Å². The van der Waals surface area contributed by atoms with Crippen LogP contribution in [0, 0.1) is 0 Å². The van der Waals surface area contributed by atoms with Crippen molar-refractivity contribution >= 4 is 70.4 Å². The Balaban J connectivity index is 1.21. The maximum Gasteiger partial charge on any atom is 0.352 e. The molecule has 1 unspecified atom stereocenters. The summed E-state index contributed by atoms with van der Waals surface area (Å²) < 4.78 is 1.96. The van der Waals surface area contributed by atoms with Gasteiger partial charge in [0.25, 0.3) is 29.9 Å². The molecule has 5 rings (SSSR count). The molecule has 294 valence electrons. The van der Waals surface area contributed by atoms with Gasteiger partial charge in [0.05, 0.1) is 11.2 Å². The van der Waals surface area contributed by atoms with Gasteiger partial charge < -0.3 is 52.8 Å². The SMILES string of the molecule is C[C@H](O/N=C(\C(=O)N[C@@H]1C(=O)N2C(C(=O)O)=C(/C=C/C[n+]3cnc(N)c(NCCNC(=O)c4cc(=O)c(O)cn4O)c3)CSC12)C1=CSC(N)=CC=C1)C(=O)O. The van der Waals surface area contributed by atoms with Crippen LogP contribution < -0.4 is 37.4 Å². The Kier molecular flexibility index (Phi) is 12.7. The van der Waals surface area contributed by atoms with Gasteiger partial charge in [-0.15, -0.1) is 11.8 Å². The van der Waals surface area contributed by atoms with Crippen LogP contribution in [0.15, 0.2) is 92.4 Å². The van der Waals surface area contributed by atoms with E-state index in [1.807, 2.05) is 0 Å². The van der Waals surface area contributed by atoms with Crippen LogP contribution in [0.4, 0.5) is 11.5 Å². The number of aromatic hydroxyl groups is 1. The van der Waals surface area contributed by atoms with Gasteiger partial charge in [0.1, 0.15) is 41.2 Å². The van der Waals surface area contributed by atoms with Gasteiger partial charge in [0.15, 0.2) is 11.5 Å². The van der Waals surface area contributed by atoms with Crippen molar-refractivity contribution in [2.24, 2.45) is 10.9 Å². The van der Waals surface area contributed by atoms with Gasteiger partial charge in [0, 0.05) is 30.5 Å². The number of β-lactam (4-membered cyclic amide) rings is 1. The van der Waals surface area contributed by atoms with Gasteiger partial charge in [-0.1, -0.05) is 35.1 Å². The van der Waals surface area contributed by atoms with E-state index in [1.165, 1.54) is 36.5 Å². The van der Waals surface area contributed by atoms with Crippen molar-refractivity contribution in [2.75, 3.05) is 29.9 Å². The first-order valence-corrected chi connectivity index (χ1v) is 18.3. The summed E-state index contributed by atoms with van der Waals surface area (Å²) in [5.74, 6) is -5.38. The maximum atomic E-state index is 13.4. The smallest absolute Gasteiger partial charge is 0.352 e. The van der Waals surface area contributed by atoms with Gasteiger partial charge >= 0.3 is 11.9 Å². The molecule has 3 amide bonds. The van der Waals surface area contributed by atoms with Crippen molar-refractivity contribution in [2.45, 2.75) is 31.0 Å². The Bertz CT molecular complexity index is 2220. The minimum atomic E-state index is -1.39. The molecule has 0 aromatic carbocycles. The Labute approximate surface area is 324 Å². The number of aromatic nitrogens is 3. The third-order valence-electron chi connectivity index (χ3n) is 8.01. The molecule has 2 aromatic heterocycles. The minimum absolute atomic E-state index is 0.0454. The first-order chi connectivity index (χ1) is 26.7. The highest BCUT2D eigenvalue weighted by atomic mass is 32.2. The lowest BCUT2D eigenvalue weighted by atomic mass is 10.0. The molecular weight excluding hydrogens is 777 g/mol. The zero-order chi connectivity index (χ0) is 40.7. The largest absolute Gasteiger partial charge is 0.503 e. The highest BCUT2D eigenvalue weighted by Crippen LogP contribution is 2.40. The molecule has 3 atom stereocenters. The molecule has 23 heteroatoms. The number of hydrogen-bond acceptors (Lipinski definition) is 16. The normalized spacial score (nSPS) is 18.6. The van der Waals surface area contributed by atoms with Crippen LogP contribution in [0.2, 0.25) is 0 Å². The number of rotatable bonds is 15. The van der Waals surface area contributed by atoms with E-state index in [9.17, 15) is 49.3 Å². The van der Waals surface area contributed by atoms with E-state index in [-0.39, 0.29) is 53.9 Å². The van der Waals surface area contributed by atoms with E-state index in [1.54, 1.807) is 35.1 Å². The molecule has 21 nitrogen and oxygen atoms in total. The molecule has 2 aromatic rings. The van der Waals surface area contributed by atoms with Crippen molar-refractivity contribution < 1.29 is 53.9 Å². The molecule has 0 aliphatic carbocycles. The number of carbonyl (C=O) groups excluding carboxylic acids is 3. The number of carboxylic acids is 2. The van der Waals surface area contributed by atoms with E-state index >= 15 is 0 Å². The fourth-order valence-corrected chi connectivity index (χ4v) is 7.07. The summed E-state index contributed by atoms with van der Waals surface area (Å²) in [5, 5.41) is 51.5. The van der Waals surface area contributed by atoms with Gasteiger partial charge in [-0.3, -0.25) is 24.1 Å². The van der Waals surface area contributed by atoms with E-state index in [2.05, 4.69) is 26.1 Å². The van der Waals surface area contributed by atoms with Crippen LogP contribution >= 0.6 is 23.5 Å². The fourth-order valence-electron chi connectivity index (χ4n) is 5.14. The number of aliphatic carboxylic acids is 2. The predicted octanol–water partition coefficient (Wildman–Crippen LogP) is -0.975. The van der Waals surface area contributed by atoms with Crippen LogP contribution in [0.1, 0.15) is 17.4 Å². The topological polar surface area (TPSA) is 318 Å². The molecule has 0 spiro atoms. The number of nitrogen functional groups attached to an aromatic ring is 1. The zero-order valence-corrected chi connectivity index (χ0v) is 30.8. The number of carboxylic acid groups (broad SMARTS) is 2. The summed E-state index contributed by atoms with van der Waals surface area (Å²) in [7, 11) is 0. The molecule has 0 bridgehead atoms. The molecule has 0 radical (unpaired) electrons. The summed E-state index contributed by atoms with van der Waals surface area (Å²) in [6.07, 6.45) is 10.3. The molecule has 1 saturated heterocycles. The molecule has 1 fully saturated rings. The number of nitrogens with zero attached hydrogens (tertiary/aromatic N) is 5. The van der Waals surface area contributed by atoms with E-state index in [0.29, 0.717) is 27.2 Å². The van der Waals surface area contributed by atoms with Crippen LogP contribution in [0.5, 0.6) is 5.75 Å². The number of anilines is 2. The summed E-state index contributed by atoms with van der Waals surface area (Å²) in [6.45, 7) is 1.64. The zero-order valence-electron chi connectivity index (χ0n) is 29.2. The number of oxime groups is 1. The van der Waals surface area contributed by atoms with Crippen molar-refractivity contribution in [3.05, 3.63) is 98.4 Å². The second-order valence-corrected chi connectivity index (χ2v) is 13.9. The van der Waals surface area contributed by atoms with E-state index < -0.39 is 58.4 Å². The number of allylic oxidation sites excluding steroid dienone is 5. The van der Waals surface area contributed by atoms with Crippen LogP contribution in [0.25, 0.3) is 0 Å². The molecule has 5 heterocycles. The number of amides is 3. The number of hydrogen-bond donors (Lipinski definition) is 9. The number of carbonyl (C=O) groups is 5. The van der Waals surface area contributed by atoms with Gasteiger partial charge in [-0.05, 0) is 35.0 Å². The summed E-state index contributed by atoms with van der Waals surface area (Å²) in [4.78, 5) is 84.7. The molecule has 3 aliphatic rings. The van der Waals surface area contributed by atoms with E-state index in [4.69, 9.17) is 16.3 Å². The Morgan fingerprint density at radius 1 is 1.21 bits per heavy atom. The highest BCUT2D eigenvalue weighted by molar-refractivity contribution is 8.05. The first-order valence-electron chi connectivity index (χ1n) is 16.3. The second kappa shape index (κ2) is 17.6. The molecule has 0 saturated carbocycles. The molecular formula is C33H35N10O11S2+. The van der Waals surface area contributed by atoms with Crippen LogP contribution in [0.3, 0.4) is 0 Å². The lowest BCUT2D eigenvalue weighted by Gasteiger charge is -2.49. The van der Waals surface area contributed by atoms with Crippen molar-refractivity contribution in [1.82, 2.24) is 25.2 Å². The highest BCUT2D eigenvalue weighted by Gasteiger charge is 2.54. The molecule has 56 heavy (non-hydrogen) atoms. The fraction of sp³-hybridized carbons (Fsp3) is 0.242. The molecule has 3 aliphatic heterocycles. The van der Waals surface area contributed by atoms with Crippen molar-refractivity contribution in [1.29, 1.82) is 0 Å². The van der Waals surface area contributed by atoms with Crippen LogP contribution in [-0.4, -0.2) is 107 Å². The number of thioether (sulfide) groups is 2. The van der Waals surface area contributed by atoms with Gasteiger partial charge in [0.2, 0.25) is 11.5 Å². The number of fused-ring (bicyclic) bond motifs is 1. The summed E-state index contributed by atoms with van der Waals surface area (Å²) in [5.41, 5.74) is 11.0. The second-order valence-electron chi connectivity index (χ2n) is 11.9. The van der Waals surface area contributed by atoms with Gasteiger partial charge in [-0.2, -0.15) is 4.73 Å². The lowest BCUT2D eigenvalue weighted by Crippen LogP contribution is -2.71.